The van der Waals surface area contributed by atoms with Crippen LogP contribution in [0.2, 0.25) is 0 Å². The lowest BCUT2D eigenvalue weighted by Gasteiger charge is -2.31. The Morgan fingerprint density at radius 3 is 2.37 bits per heavy atom. The Kier molecular flexibility index (Phi) is 5.20. The quantitative estimate of drug-likeness (QED) is 0.836. The average Bonchev–Trinajstić information content (AvgIpc) is 2.25. The summed E-state index contributed by atoms with van der Waals surface area (Å²) in [7, 11) is 3.54. The molecule has 0 aromatic carbocycles. The summed E-state index contributed by atoms with van der Waals surface area (Å²) >= 11 is 0. The standard InChI is InChI=1S/C14H26N2O3/c1-14(2,3)19-13(18)15-11-8-6-7-10(9-11)12(17)16(4)5/h10-11H,6-9H2,1-5H3,(H,15,18)/t10-,11+/m0/s1. The number of rotatable bonds is 2. The van der Waals surface area contributed by atoms with Crippen LogP contribution in [-0.4, -0.2) is 42.6 Å². The number of hydrogen-bond donors (Lipinski definition) is 1. The summed E-state index contributed by atoms with van der Waals surface area (Å²) in [6.45, 7) is 5.52. The van der Waals surface area contributed by atoms with E-state index in [0.29, 0.717) is 6.42 Å². The molecule has 1 saturated carbocycles. The normalized spacial score (nSPS) is 23.6. The maximum absolute atomic E-state index is 11.9. The summed E-state index contributed by atoms with van der Waals surface area (Å²) in [6.07, 6.45) is 3.09. The van der Waals surface area contributed by atoms with Crippen molar-refractivity contribution in [3.8, 4) is 0 Å². The third-order valence-electron chi connectivity index (χ3n) is 3.19. The minimum absolute atomic E-state index is 0.0173. The Morgan fingerprint density at radius 1 is 1.21 bits per heavy atom. The summed E-state index contributed by atoms with van der Waals surface area (Å²) < 4.78 is 5.24. The molecule has 5 nitrogen and oxygen atoms in total. The van der Waals surface area contributed by atoms with E-state index in [1.807, 2.05) is 20.8 Å². The summed E-state index contributed by atoms with van der Waals surface area (Å²) in [6, 6.07) is 0.0394. The van der Waals surface area contributed by atoms with Crippen LogP contribution < -0.4 is 5.32 Å². The predicted octanol–water partition coefficient (Wildman–Crippen LogP) is 2.16. The van der Waals surface area contributed by atoms with Crippen molar-refractivity contribution in [2.45, 2.75) is 58.1 Å². The van der Waals surface area contributed by atoms with E-state index in [2.05, 4.69) is 5.32 Å². The number of carbonyl (C=O) groups excluding carboxylic acids is 2. The van der Waals surface area contributed by atoms with Gasteiger partial charge in [0.05, 0.1) is 0 Å². The fraction of sp³-hybridized carbons (Fsp3) is 0.857. The van der Waals surface area contributed by atoms with Gasteiger partial charge < -0.3 is 15.0 Å². The minimum atomic E-state index is -0.488. The molecule has 110 valence electrons. The number of nitrogens with one attached hydrogen (secondary N) is 1. The van der Waals surface area contributed by atoms with Crippen molar-refractivity contribution in [3.05, 3.63) is 0 Å². The van der Waals surface area contributed by atoms with E-state index in [0.717, 1.165) is 19.3 Å². The summed E-state index contributed by atoms with van der Waals surface area (Å²) in [5.41, 5.74) is -0.488. The van der Waals surface area contributed by atoms with Gasteiger partial charge in [-0.2, -0.15) is 0 Å². The van der Waals surface area contributed by atoms with Crippen LogP contribution in [0.5, 0.6) is 0 Å². The molecule has 19 heavy (non-hydrogen) atoms. The van der Waals surface area contributed by atoms with E-state index in [4.69, 9.17) is 4.74 Å². The maximum Gasteiger partial charge on any atom is 0.407 e. The molecule has 0 spiro atoms. The molecule has 2 amide bonds. The van der Waals surface area contributed by atoms with E-state index in [1.165, 1.54) is 0 Å². The maximum atomic E-state index is 11.9. The SMILES string of the molecule is CN(C)C(=O)[C@H]1CCC[C@@H](NC(=O)OC(C)(C)C)C1. The van der Waals surface area contributed by atoms with Gasteiger partial charge in [0.25, 0.3) is 0 Å². The zero-order chi connectivity index (χ0) is 14.6. The van der Waals surface area contributed by atoms with Crippen LogP contribution in [0, 0.1) is 5.92 Å². The molecule has 1 rings (SSSR count). The molecule has 1 aliphatic rings. The summed E-state index contributed by atoms with van der Waals surface area (Å²) in [5, 5.41) is 2.87. The van der Waals surface area contributed by atoms with Crippen LogP contribution in [0.15, 0.2) is 0 Å². The first-order valence-electron chi connectivity index (χ1n) is 6.89. The highest BCUT2D eigenvalue weighted by Crippen LogP contribution is 2.25. The first-order chi connectivity index (χ1) is 8.69. The van der Waals surface area contributed by atoms with Crippen LogP contribution >= 0.6 is 0 Å². The fourth-order valence-corrected chi connectivity index (χ4v) is 2.38. The monoisotopic (exact) mass is 270 g/mol. The van der Waals surface area contributed by atoms with Gasteiger partial charge in [-0.15, -0.1) is 0 Å². The van der Waals surface area contributed by atoms with Crippen LogP contribution in [-0.2, 0) is 9.53 Å². The van der Waals surface area contributed by atoms with Gasteiger partial charge in [-0.25, -0.2) is 4.79 Å². The molecule has 5 heteroatoms. The molecule has 0 heterocycles. The minimum Gasteiger partial charge on any atom is -0.444 e. The van der Waals surface area contributed by atoms with Gasteiger partial charge in [-0.05, 0) is 40.0 Å². The Bertz CT molecular complexity index is 334. The summed E-state index contributed by atoms with van der Waals surface area (Å²) in [5.74, 6) is 0.166. The molecular formula is C14H26N2O3. The van der Waals surface area contributed by atoms with Crippen molar-refractivity contribution in [2.75, 3.05) is 14.1 Å². The number of alkyl carbamates (subject to hydrolysis) is 1. The summed E-state index contributed by atoms with van der Waals surface area (Å²) in [4.78, 5) is 25.3. The molecule has 0 aromatic rings. The Hall–Kier alpha value is -1.26. The van der Waals surface area contributed by atoms with E-state index >= 15 is 0 Å². The number of ether oxygens (including phenoxy) is 1. The lowest BCUT2D eigenvalue weighted by Crippen LogP contribution is -2.44. The van der Waals surface area contributed by atoms with Gasteiger partial charge >= 0.3 is 6.09 Å². The molecular weight excluding hydrogens is 244 g/mol. The molecule has 0 radical (unpaired) electrons. The Morgan fingerprint density at radius 2 is 1.84 bits per heavy atom. The van der Waals surface area contributed by atoms with Crippen molar-refractivity contribution in [2.24, 2.45) is 5.92 Å². The van der Waals surface area contributed by atoms with Crippen molar-refractivity contribution in [1.29, 1.82) is 0 Å². The van der Waals surface area contributed by atoms with Crippen molar-refractivity contribution in [3.63, 3.8) is 0 Å². The second kappa shape index (κ2) is 6.26. The first-order valence-corrected chi connectivity index (χ1v) is 6.89. The third kappa shape index (κ3) is 5.49. The van der Waals surface area contributed by atoms with E-state index in [9.17, 15) is 9.59 Å². The predicted molar refractivity (Wildman–Crippen MR) is 73.8 cm³/mol. The highest BCUT2D eigenvalue weighted by Gasteiger charge is 2.29. The van der Waals surface area contributed by atoms with Crippen LogP contribution in [0.3, 0.4) is 0 Å². The Balaban J connectivity index is 2.47. The number of hydrogen-bond acceptors (Lipinski definition) is 3. The van der Waals surface area contributed by atoms with E-state index < -0.39 is 11.7 Å². The second-order valence-corrected chi connectivity index (χ2v) is 6.44. The zero-order valence-electron chi connectivity index (χ0n) is 12.7. The second-order valence-electron chi connectivity index (χ2n) is 6.44. The largest absolute Gasteiger partial charge is 0.444 e. The number of amides is 2. The molecule has 0 unspecified atom stereocenters. The highest BCUT2D eigenvalue weighted by molar-refractivity contribution is 5.78. The van der Waals surface area contributed by atoms with Gasteiger partial charge in [0.1, 0.15) is 5.60 Å². The third-order valence-corrected chi connectivity index (χ3v) is 3.19. The van der Waals surface area contributed by atoms with Gasteiger partial charge in [0.15, 0.2) is 0 Å². The van der Waals surface area contributed by atoms with E-state index in [1.54, 1.807) is 19.0 Å². The lowest BCUT2D eigenvalue weighted by molar-refractivity contribution is -0.134. The molecule has 0 saturated heterocycles. The van der Waals surface area contributed by atoms with Crippen molar-refractivity contribution >= 4 is 12.0 Å². The first kappa shape index (κ1) is 15.8. The van der Waals surface area contributed by atoms with Crippen LogP contribution in [0.25, 0.3) is 0 Å². The van der Waals surface area contributed by atoms with Crippen molar-refractivity contribution < 1.29 is 14.3 Å². The topological polar surface area (TPSA) is 58.6 Å². The molecule has 0 aromatic heterocycles. The smallest absolute Gasteiger partial charge is 0.407 e. The number of carbonyl (C=O) groups is 2. The lowest BCUT2D eigenvalue weighted by atomic mass is 9.85. The van der Waals surface area contributed by atoms with E-state index in [-0.39, 0.29) is 17.9 Å². The van der Waals surface area contributed by atoms with Gasteiger partial charge in [-0.1, -0.05) is 6.42 Å². The highest BCUT2D eigenvalue weighted by atomic mass is 16.6. The zero-order valence-corrected chi connectivity index (χ0v) is 12.7. The molecule has 1 aliphatic carbocycles. The van der Waals surface area contributed by atoms with Crippen LogP contribution in [0.4, 0.5) is 4.79 Å². The van der Waals surface area contributed by atoms with Crippen LogP contribution in [0.1, 0.15) is 46.5 Å². The average molecular weight is 270 g/mol. The molecule has 2 atom stereocenters. The molecule has 0 bridgehead atoms. The molecule has 1 N–H and O–H groups in total. The Labute approximate surface area is 115 Å². The molecule has 0 aliphatic heterocycles. The van der Waals surface area contributed by atoms with Gasteiger partial charge in [0, 0.05) is 26.1 Å². The van der Waals surface area contributed by atoms with Gasteiger partial charge in [-0.3, -0.25) is 4.79 Å². The van der Waals surface area contributed by atoms with Gasteiger partial charge in [0.2, 0.25) is 5.91 Å². The molecule has 1 fully saturated rings. The fourth-order valence-electron chi connectivity index (χ4n) is 2.38. The van der Waals surface area contributed by atoms with Crippen molar-refractivity contribution in [1.82, 2.24) is 10.2 Å². The number of nitrogens with zero attached hydrogens (tertiary/aromatic N) is 1.